The monoisotopic (exact) mass is 314 g/mol. The SMILES string of the molecule is COCC(C)C(O)Cc1cc(Br)cc2c1OCC2. The lowest BCUT2D eigenvalue weighted by atomic mass is 9.96. The summed E-state index contributed by atoms with van der Waals surface area (Å²) in [5.41, 5.74) is 2.30. The fourth-order valence-electron chi connectivity index (χ4n) is 2.30. The van der Waals surface area contributed by atoms with E-state index in [2.05, 4.69) is 22.0 Å². The lowest BCUT2D eigenvalue weighted by molar-refractivity contribution is 0.0571. The predicted octanol–water partition coefficient (Wildman–Crippen LogP) is 2.57. The Balaban J connectivity index is 2.14. The third-order valence-electron chi connectivity index (χ3n) is 3.34. The molecule has 0 aromatic heterocycles. The Morgan fingerprint density at radius 1 is 1.50 bits per heavy atom. The first-order valence-electron chi connectivity index (χ1n) is 6.23. The van der Waals surface area contributed by atoms with Crippen LogP contribution in [0, 0.1) is 5.92 Å². The third kappa shape index (κ3) is 3.05. The highest BCUT2D eigenvalue weighted by molar-refractivity contribution is 9.10. The lowest BCUT2D eigenvalue weighted by Crippen LogP contribution is -2.24. The summed E-state index contributed by atoms with van der Waals surface area (Å²) in [4.78, 5) is 0. The molecule has 1 aromatic rings. The molecule has 1 aliphatic rings. The zero-order valence-electron chi connectivity index (χ0n) is 10.8. The van der Waals surface area contributed by atoms with E-state index < -0.39 is 6.10 Å². The number of aliphatic hydroxyl groups is 1. The molecule has 2 rings (SSSR count). The van der Waals surface area contributed by atoms with Crippen molar-refractivity contribution >= 4 is 15.9 Å². The van der Waals surface area contributed by atoms with Crippen LogP contribution in [-0.4, -0.2) is 31.5 Å². The fourth-order valence-corrected chi connectivity index (χ4v) is 2.85. The lowest BCUT2D eigenvalue weighted by Gasteiger charge is -2.19. The van der Waals surface area contributed by atoms with E-state index in [1.807, 2.05) is 13.0 Å². The number of hydrogen-bond acceptors (Lipinski definition) is 3. The number of halogens is 1. The van der Waals surface area contributed by atoms with Gasteiger partial charge in [0.15, 0.2) is 0 Å². The molecule has 3 nitrogen and oxygen atoms in total. The van der Waals surface area contributed by atoms with Gasteiger partial charge in [-0.1, -0.05) is 22.9 Å². The van der Waals surface area contributed by atoms with E-state index in [0.29, 0.717) is 13.0 Å². The van der Waals surface area contributed by atoms with Gasteiger partial charge in [0.2, 0.25) is 0 Å². The average molecular weight is 315 g/mol. The molecular weight excluding hydrogens is 296 g/mol. The maximum Gasteiger partial charge on any atom is 0.125 e. The Morgan fingerprint density at radius 3 is 3.00 bits per heavy atom. The van der Waals surface area contributed by atoms with E-state index in [0.717, 1.165) is 28.8 Å². The van der Waals surface area contributed by atoms with E-state index in [4.69, 9.17) is 9.47 Å². The van der Waals surface area contributed by atoms with Gasteiger partial charge in [-0.15, -0.1) is 0 Å². The summed E-state index contributed by atoms with van der Waals surface area (Å²) < 4.78 is 11.8. The summed E-state index contributed by atoms with van der Waals surface area (Å²) >= 11 is 3.51. The molecule has 0 aliphatic carbocycles. The summed E-state index contributed by atoms with van der Waals surface area (Å²) in [5, 5.41) is 10.2. The highest BCUT2D eigenvalue weighted by Gasteiger charge is 2.21. The molecule has 0 radical (unpaired) electrons. The van der Waals surface area contributed by atoms with E-state index in [-0.39, 0.29) is 5.92 Å². The van der Waals surface area contributed by atoms with Gasteiger partial charge in [-0.2, -0.15) is 0 Å². The molecule has 0 saturated carbocycles. The van der Waals surface area contributed by atoms with Crippen molar-refractivity contribution in [2.75, 3.05) is 20.3 Å². The smallest absolute Gasteiger partial charge is 0.125 e. The second-order valence-electron chi connectivity index (χ2n) is 4.86. The van der Waals surface area contributed by atoms with Gasteiger partial charge in [-0.05, 0) is 23.3 Å². The van der Waals surface area contributed by atoms with E-state index in [1.54, 1.807) is 7.11 Å². The van der Waals surface area contributed by atoms with Gasteiger partial charge in [0.05, 0.1) is 19.3 Å². The maximum absolute atomic E-state index is 10.2. The van der Waals surface area contributed by atoms with E-state index >= 15 is 0 Å². The molecule has 0 amide bonds. The van der Waals surface area contributed by atoms with Crippen molar-refractivity contribution in [3.63, 3.8) is 0 Å². The van der Waals surface area contributed by atoms with Crippen LogP contribution in [0.2, 0.25) is 0 Å². The van der Waals surface area contributed by atoms with Crippen LogP contribution in [0.4, 0.5) is 0 Å². The van der Waals surface area contributed by atoms with Crippen LogP contribution >= 0.6 is 15.9 Å². The Kier molecular flexibility index (Phi) is 4.65. The van der Waals surface area contributed by atoms with Gasteiger partial charge in [0.1, 0.15) is 5.75 Å². The molecule has 4 heteroatoms. The van der Waals surface area contributed by atoms with Crippen LogP contribution in [0.15, 0.2) is 16.6 Å². The van der Waals surface area contributed by atoms with Crippen molar-refractivity contribution in [1.29, 1.82) is 0 Å². The predicted molar refractivity (Wildman–Crippen MR) is 74.1 cm³/mol. The van der Waals surface area contributed by atoms with Crippen molar-refractivity contribution in [3.8, 4) is 5.75 Å². The van der Waals surface area contributed by atoms with Crippen molar-refractivity contribution in [1.82, 2.24) is 0 Å². The minimum atomic E-state index is -0.410. The standard InChI is InChI=1S/C14H19BrO3/c1-9(8-17-2)13(16)7-11-6-12(15)5-10-3-4-18-14(10)11/h5-6,9,13,16H,3-4,7-8H2,1-2H3. The average Bonchev–Trinajstić information content (AvgIpc) is 2.77. The fraction of sp³-hybridized carbons (Fsp3) is 0.571. The van der Waals surface area contributed by atoms with E-state index in [9.17, 15) is 5.11 Å². The minimum Gasteiger partial charge on any atom is -0.493 e. The maximum atomic E-state index is 10.2. The summed E-state index contributed by atoms with van der Waals surface area (Å²) in [6, 6.07) is 4.13. The molecule has 2 atom stereocenters. The molecule has 1 aliphatic heterocycles. The van der Waals surface area contributed by atoms with Gasteiger partial charge in [-0.3, -0.25) is 0 Å². The van der Waals surface area contributed by atoms with Crippen LogP contribution in [0.5, 0.6) is 5.75 Å². The first-order valence-corrected chi connectivity index (χ1v) is 7.02. The topological polar surface area (TPSA) is 38.7 Å². The molecule has 18 heavy (non-hydrogen) atoms. The number of fused-ring (bicyclic) bond motifs is 1. The molecule has 1 heterocycles. The molecule has 1 N–H and O–H groups in total. The molecule has 0 fully saturated rings. The molecule has 0 spiro atoms. The Morgan fingerprint density at radius 2 is 2.28 bits per heavy atom. The quantitative estimate of drug-likeness (QED) is 0.908. The van der Waals surface area contributed by atoms with Crippen molar-refractivity contribution in [2.24, 2.45) is 5.92 Å². The van der Waals surface area contributed by atoms with Crippen molar-refractivity contribution in [3.05, 3.63) is 27.7 Å². The summed E-state index contributed by atoms with van der Waals surface area (Å²) in [6.45, 7) is 3.30. The van der Waals surface area contributed by atoms with Crippen LogP contribution in [0.3, 0.4) is 0 Å². The minimum absolute atomic E-state index is 0.117. The molecule has 100 valence electrons. The number of rotatable bonds is 5. The van der Waals surface area contributed by atoms with Crippen molar-refractivity contribution in [2.45, 2.75) is 25.9 Å². The molecule has 0 saturated heterocycles. The second-order valence-corrected chi connectivity index (χ2v) is 5.77. The molecule has 2 unspecified atom stereocenters. The van der Waals surface area contributed by atoms with Crippen LogP contribution < -0.4 is 4.74 Å². The van der Waals surface area contributed by atoms with Gasteiger partial charge in [-0.25, -0.2) is 0 Å². The van der Waals surface area contributed by atoms with Crippen LogP contribution in [0.25, 0.3) is 0 Å². The van der Waals surface area contributed by atoms with Crippen LogP contribution in [-0.2, 0) is 17.6 Å². The number of ether oxygens (including phenoxy) is 2. The first kappa shape index (κ1) is 13.8. The largest absolute Gasteiger partial charge is 0.493 e. The summed E-state index contributed by atoms with van der Waals surface area (Å²) in [6.07, 6.45) is 1.14. The highest BCUT2D eigenvalue weighted by atomic mass is 79.9. The zero-order chi connectivity index (χ0) is 13.1. The normalized spacial score (nSPS) is 17.1. The summed E-state index contributed by atoms with van der Waals surface area (Å²) in [5.74, 6) is 1.08. The van der Waals surface area contributed by atoms with E-state index in [1.165, 1.54) is 5.56 Å². The Hall–Kier alpha value is -0.580. The zero-order valence-corrected chi connectivity index (χ0v) is 12.4. The molecular formula is C14H19BrO3. The first-order chi connectivity index (χ1) is 8.61. The number of hydrogen-bond donors (Lipinski definition) is 1. The Labute approximate surface area is 116 Å². The second kappa shape index (κ2) is 6.04. The highest BCUT2D eigenvalue weighted by Crippen LogP contribution is 2.34. The van der Waals surface area contributed by atoms with Crippen LogP contribution in [0.1, 0.15) is 18.1 Å². The number of methoxy groups -OCH3 is 1. The number of benzene rings is 1. The van der Waals surface area contributed by atoms with Crippen molar-refractivity contribution < 1.29 is 14.6 Å². The molecule has 1 aromatic carbocycles. The molecule has 0 bridgehead atoms. The van der Waals surface area contributed by atoms with Gasteiger partial charge >= 0.3 is 0 Å². The third-order valence-corrected chi connectivity index (χ3v) is 3.80. The number of aliphatic hydroxyl groups excluding tert-OH is 1. The van der Waals surface area contributed by atoms with Gasteiger partial charge < -0.3 is 14.6 Å². The van der Waals surface area contributed by atoms with Gasteiger partial charge in [0, 0.05) is 30.3 Å². The van der Waals surface area contributed by atoms with Gasteiger partial charge in [0.25, 0.3) is 0 Å². The summed E-state index contributed by atoms with van der Waals surface area (Å²) in [7, 11) is 1.66. The Bertz CT molecular complexity index is 420.